The van der Waals surface area contributed by atoms with Crippen LogP contribution in [0.2, 0.25) is 5.28 Å². The lowest BCUT2D eigenvalue weighted by Gasteiger charge is -2.38. The van der Waals surface area contributed by atoms with E-state index in [1.807, 2.05) is 24.3 Å². The number of aromatic nitrogens is 3. The van der Waals surface area contributed by atoms with E-state index in [0.29, 0.717) is 39.2 Å². The van der Waals surface area contributed by atoms with Crippen molar-refractivity contribution in [2.45, 2.75) is 19.9 Å². The summed E-state index contributed by atoms with van der Waals surface area (Å²) in [6, 6.07) is 15.2. The highest BCUT2D eigenvalue weighted by atomic mass is 35.5. The van der Waals surface area contributed by atoms with Gasteiger partial charge in [0.2, 0.25) is 11.2 Å². The lowest BCUT2D eigenvalue weighted by atomic mass is 9.99. The molecule has 35 heavy (non-hydrogen) atoms. The first-order valence-corrected chi connectivity index (χ1v) is 11.9. The molecule has 5 rings (SSSR count). The number of fused-ring (bicyclic) bond motifs is 1. The van der Waals surface area contributed by atoms with Crippen molar-refractivity contribution in [1.82, 2.24) is 19.9 Å². The Bertz CT molecular complexity index is 1450. The molecule has 0 spiro atoms. The highest BCUT2D eigenvalue weighted by Crippen LogP contribution is 2.33. The van der Waals surface area contributed by atoms with Gasteiger partial charge in [-0.25, -0.2) is 9.97 Å². The second kappa shape index (κ2) is 9.28. The second-order valence-electron chi connectivity index (χ2n) is 9.01. The van der Waals surface area contributed by atoms with E-state index in [0.717, 1.165) is 31.9 Å². The van der Waals surface area contributed by atoms with Crippen LogP contribution >= 0.6 is 11.6 Å². The zero-order valence-corrected chi connectivity index (χ0v) is 20.3. The molecule has 3 heterocycles. The average Bonchev–Trinajstić information content (AvgIpc) is 2.84. The second-order valence-corrected chi connectivity index (χ2v) is 9.37. The van der Waals surface area contributed by atoms with Gasteiger partial charge in [0.25, 0.3) is 5.56 Å². The van der Waals surface area contributed by atoms with Gasteiger partial charge in [0, 0.05) is 49.0 Å². The van der Waals surface area contributed by atoms with Crippen molar-refractivity contribution in [3.05, 3.63) is 70.1 Å². The third-order valence-corrected chi connectivity index (χ3v) is 6.76. The number of piperazine rings is 1. The minimum absolute atomic E-state index is 0.00347. The summed E-state index contributed by atoms with van der Waals surface area (Å²) in [5.74, 6) is -0.580. The molecule has 2 aromatic carbocycles. The molecule has 0 amide bonds. The van der Waals surface area contributed by atoms with Gasteiger partial charge >= 0.3 is 0 Å². The molecule has 1 aliphatic heterocycles. The number of nitrogen functional groups attached to an aromatic ring is 1. The molecule has 7 nitrogen and oxygen atoms in total. The van der Waals surface area contributed by atoms with Crippen LogP contribution in [-0.4, -0.2) is 52.1 Å². The van der Waals surface area contributed by atoms with Crippen LogP contribution in [-0.2, 0) is 0 Å². The Kier molecular flexibility index (Phi) is 6.17. The number of halogens is 2. The maximum Gasteiger partial charge on any atom is 0.259 e. The summed E-state index contributed by atoms with van der Waals surface area (Å²) in [6.07, 6.45) is 0. The van der Waals surface area contributed by atoms with Gasteiger partial charge in [0.15, 0.2) is 0 Å². The van der Waals surface area contributed by atoms with Gasteiger partial charge in [-0.1, -0.05) is 18.2 Å². The Morgan fingerprint density at radius 1 is 0.971 bits per heavy atom. The van der Waals surface area contributed by atoms with Gasteiger partial charge in [-0.15, -0.1) is 0 Å². The largest absolute Gasteiger partial charge is 0.383 e. The maximum atomic E-state index is 14.9. The summed E-state index contributed by atoms with van der Waals surface area (Å²) in [6.45, 7) is 8.41. The van der Waals surface area contributed by atoms with E-state index in [-0.39, 0.29) is 16.7 Å². The van der Waals surface area contributed by atoms with Gasteiger partial charge in [-0.2, -0.15) is 4.39 Å². The fraction of sp³-hybridized carbons (Fsp3) is 0.269. The lowest BCUT2D eigenvalue weighted by Crippen LogP contribution is -2.48. The molecule has 4 aromatic rings. The molecule has 0 unspecified atom stereocenters. The predicted molar refractivity (Wildman–Crippen MR) is 139 cm³/mol. The van der Waals surface area contributed by atoms with Gasteiger partial charge in [0.1, 0.15) is 5.82 Å². The fourth-order valence-electron chi connectivity index (χ4n) is 4.56. The topological polar surface area (TPSA) is 91.1 Å². The zero-order chi connectivity index (χ0) is 24.7. The first-order chi connectivity index (χ1) is 16.8. The number of nitrogens with one attached hydrogen (secondary N) is 1. The minimum atomic E-state index is -0.636. The van der Waals surface area contributed by atoms with E-state index in [2.05, 4.69) is 38.6 Å². The van der Waals surface area contributed by atoms with Crippen LogP contribution in [0.15, 0.2) is 53.3 Å². The summed E-state index contributed by atoms with van der Waals surface area (Å²) in [5.41, 5.74) is 9.56. The summed E-state index contributed by atoms with van der Waals surface area (Å²) < 4.78 is 14.9. The van der Waals surface area contributed by atoms with Gasteiger partial charge in [-0.3, -0.25) is 14.7 Å². The van der Waals surface area contributed by atoms with Gasteiger partial charge in [0.05, 0.1) is 10.9 Å². The minimum Gasteiger partial charge on any atom is -0.383 e. The number of nitrogens with zero attached hydrogens (tertiary/aromatic N) is 4. The van der Waals surface area contributed by atoms with Crippen LogP contribution < -0.4 is 16.2 Å². The van der Waals surface area contributed by atoms with Crippen LogP contribution in [0.3, 0.4) is 0 Å². The molecule has 3 N–H and O–H groups in total. The van der Waals surface area contributed by atoms with Crippen molar-refractivity contribution in [2.75, 3.05) is 36.8 Å². The van der Waals surface area contributed by atoms with Crippen molar-refractivity contribution in [3.63, 3.8) is 0 Å². The lowest BCUT2D eigenvalue weighted by molar-refractivity contribution is 0.209. The number of nitrogens with two attached hydrogens (primary N) is 1. The number of aromatic amines is 1. The van der Waals surface area contributed by atoms with Crippen molar-refractivity contribution >= 4 is 34.0 Å². The maximum absolute atomic E-state index is 14.9. The summed E-state index contributed by atoms with van der Waals surface area (Å²) in [5, 5.41) is 0.396. The van der Waals surface area contributed by atoms with Gasteiger partial charge < -0.3 is 10.6 Å². The molecule has 0 saturated carbocycles. The standard InChI is InChI=1S/C26H26ClFN6O/c1-15(2)33-9-11-34(12-10-33)18-6-3-16(4-7-18)20-14-21(24(29)31-23(20)28)17-5-8-19-22(13-17)30-26(27)32-25(19)35/h3-8,13-15H,9-12H2,1-2H3,(H2,29,31)(H,30,32,35). The van der Waals surface area contributed by atoms with E-state index >= 15 is 0 Å². The Balaban J connectivity index is 1.46. The molecular weight excluding hydrogens is 467 g/mol. The van der Waals surface area contributed by atoms with E-state index in [4.69, 9.17) is 17.3 Å². The van der Waals surface area contributed by atoms with E-state index in [9.17, 15) is 9.18 Å². The molecule has 1 fully saturated rings. The van der Waals surface area contributed by atoms with E-state index in [1.165, 1.54) is 0 Å². The summed E-state index contributed by atoms with van der Waals surface area (Å²) in [7, 11) is 0. The Hall–Kier alpha value is -3.49. The Labute approximate surface area is 207 Å². The quantitative estimate of drug-likeness (QED) is 0.320. The predicted octanol–water partition coefficient (Wildman–Crippen LogP) is 4.56. The molecule has 0 aliphatic carbocycles. The molecule has 0 radical (unpaired) electrons. The number of hydrogen-bond donors (Lipinski definition) is 2. The van der Waals surface area contributed by atoms with Crippen LogP contribution in [0, 0.1) is 5.95 Å². The fourth-order valence-corrected chi connectivity index (χ4v) is 4.74. The van der Waals surface area contributed by atoms with Crippen LogP contribution in [0.1, 0.15) is 13.8 Å². The SMILES string of the molecule is CC(C)N1CCN(c2ccc(-c3cc(-c4ccc5c(=O)[nH]c(Cl)nc5c4)c(N)nc3F)cc2)CC1. The van der Waals surface area contributed by atoms with Crippen LogP contribution in [0.5, 0.6) is 0 Å². The number of pyridine rings is 1. The highest BCUT2D eigenvalue weighted by Gasteiger charge is 2.20. The van der Waals surface area contributed by atoms with E-state index < -0.39 is 5.95 Å². The number of anilines is 2. The van der Waals surface area contributed by atoms with Crippen molar-refractivity contribution < 1.29 is 4.39 Å². The normalized spacial score (nSPS) is 14.7. The highest BCUT2D eigenvalue weighted by molar-refractivity contribution is 6.28. The number of rotatable bonds is 4. The number of benzene rings is 2. The van der Waals surface area contributed by atoms with E-state index in [1.54, 1.807) is 24.3 Å². The van der Waals surface area contributed by atoms with Crippen molar-refractivity contribution in [2.24, 2.45) is 0 Å². The van der Waals surface area contributed by atoms with Crippen LogP contribution in [0.25, 0.3) is 33.2 Å². The van der Waals surface area contributed by atoms with Crippen LogP contribution in [0.4, 0.5) is 15.9 Å². The molecular formula is C26H26ClFN6O. The van der Waals surface area contributed by atoms with Gasteiger partial charge in [-0.05, 0) is 66.9 Å². The smallest absolute Gasteiger partial charge is 0.259 e. The summed E-state index contributed by atoms with van der Waals surface area (Å²) >= 11 is 5.91. The number of H-pyrrole nitrogens is 1. The van der Waals surface area contributed by atoms with Crippen molar-refractivity contribution in [1.29, 1.82) is 0 Å². The third kappa shape index (κ3) is 4.59. The molecule has 0 atom stereocenters. The first kappa shape index (κ1) is 23.3. The molecule has 9 heteroatoms. The molecule has 2 aromatic heterocycles. The Morgan fingerprint density at radius 3 is 2.34 bits per heavy atom. The first-order valence-electron chi connectivity index (χ1n) is 11.6. The summed E-state index contributed by atoms with van der Waals surface area (Å²) in [4.78, 5) is 27.5. The molecule has 1 aliphatic rings. The monoisotopic (exact) mass is 492 g/mol. The number of hydrogen-bond acceptors (Lipinski definition) is 6. The van der Waals surface area contributed by atoms with Crippen molar-refractivity contribution in [3.8, 4) is 22.3 Å². The zero-order valence-electron chi connectivity index (χ0n) is 19.6. The molecule has 0 bridgehead atoms. The Morgan fingerprint density at radius 2 is 1.66 bits per heavy atom. The average molecular weight is 493 g/mol. The molecule has 180 valence electrons. The molecule has 1 saturated heterocycles. The third-order valence-electron chi connectivity index (χ3n) is 6.58.